The van der Waals surface area contributed by atoms with Gasteiger partial charge in [0.15, 0.2) is 4.90 Å². The number of rotatable bonds is 6. The van der Waals surface area contributed by atoms with Gasteiger partial charge in [0.1, 0.15) is 17.6 Å². The fourth-order valence-corrected chi connectivity index (χ4v) is 11.4. The fraction of sp³-hybridized carbons (Fsp3) is 0.0167. The zero-order chi connectivity index (χ0) is 43.3. The van der Waals surface area contributed by atoms with Crippen LogP contribution in [0.15, 0.2) is 223 Å². The molecular formula is C60H38N4OS. The molecule has 0 saturated heterocycles. The molecule has 1 atom stereocenters. The Kier molecular flexibility index (Phi) is 8.15. The van der Waals surface area contributed by atoms with E-state index in [0.717, 1.165) is 77.1 Å². The average molecular weight is 863 g/mol. The van der Waals surface area contributed by atoms with Crippen LogP contribution >= 0.6 is 11.3 Å². The number of furan rings is 1. The van der Waals surface area contributed by atoms with Crippen molar-refractivity contribution in [2.24, 2.45) is 0 Å². The maximum absolute atomic E-state index is 6.66. The molecule has 5 aromatic heterocycles. The first-order valence-corrected chi connectivity index (χ1v) is 23.2. The largest absolute Gasteiger partial charge is 0.445 e. The van der Waals surface area contributed by atoms with Crippen LogP contribution < -0.4 is 5.32 Å². The number of thiophene rings is 1. The Morgan fingerprint density at radius 2 is 1.05 bits per heavy atom. The summed E-state index contributed by atoms with van der Waals surface area (Å²) in [4.78, 5) is 6.41. The predicted molar refractivity (Wildman–Crippen MR) is 276 cm³/mol. The van der Waals surface area contributed by atoms with Crippen LogP contribution in [0.2, 0.25) is 0 Å². The number of hydrogen-bond acceptors (Lipinski definition) is 4. The SMILES string of the molecule is C1=C(c2ccccc2)C=C(c2ccc3oc4sc5ccc(-c6cc(-c7ccccc7)cc(-n7c8ccccc8c8ccccc87)n6)cc5c4c3c2)NC1n1c2ccccc2c2ccccc21. The minimum atomic E-state index is -0.138. The van der Waals surface area contributed by atoms with Gasteiger partial charge in [-0.2, -0.15) is 0 Å². The summed E-state index contributed by atoms with van der Waals surface area (Å²) in [6.07, 6.45) is 4.51. The number of dihydropyridines is 1. The first-order valence-electron chi connectivity index (χ1n) is 22.4. The van der Waals surface area contributed by atoms with Crippen molar-refractivity contribution >= 4 is 97.6 Å². The lowest BCUT2D eigenvalue weighted by Crippen LogP contribution is -2.26. The Hall–Kier alpha value is -8.45. The van der Waals surface area contributed by atoms with Crippen LogP contribution in [0.25, 0.3) is 114 Å². The fourth-order valence-electron chi connectivity index (χ4n) is 10.4. The third-order valence-corrected chi connectivity index (χ3v) is 14.4. The van der Waals surface area contributed by atoms with E-state index in [2.05, 4.69) is 233 Å². The molecule has 1 unspecified atom stereocenters. The molecule has 0 saturated carbocycles. The number of hydrogen-bond donors (Lipinski definition) is 1. The molecule has 0 bridgehead atoms. The van der Waals surface area contributed by atoms with E-state index in [1.165, 1.54) is 48.4 Å². The molecule has 14 rings (SSSR count). The van der Waals surface area contributed by atoms with E-state index in [1.807, 2.05) is 0 Å². The molecule has 13 aromatic rings. The first-order chi connectivity index (χ1) is 32.7. The molecule has 8 aromatic carbocycles. The molecule has 0 fully saturated rings. The summed E-state index contributed by atoms with van der Waals surface area (Å²) >= 11 is 1.70. The van der Waals surface area contributed by atoms with Crippen molar-refractivity contribution in [3.8, 4) is 28.2 Å². The second-order valence-corrected chi connectivity index (χ2v) is 18.2. The lowest BCUT2D eigenvalue weighted by molar-refractivity contribution is 0.591. The lowest BCUT2D eigenvalue weighted by Gasteiger charge is -2.28. The molecular weight excluding hydrogens is 825 g/mol. The highest BCUT2D eigenvalue weighted by Crippen LogP contribution is 2.44. The van der Waals surface area contributed by atoms with Crippen molar-refractivity contribution in [3.05, 3.63) is 230 Å². The summed E-state index contributed by atoms with van der Waals surface area (Å²) in [7, 11) is 0. The van der Waals surface area contributed by atoms with Gasteiger partial charge in [0.2, 0.25) is 0 Å². The van der Waals surface area contributed by atoms with E-state index in [9.17, 15) is 0 Å². The topological polar surface area (TPSA) is 47.9 Å². The highest BCUT2D eigenvalue weighted by molar-refractivity contribution is 7.25. The minimum absolute atomic E-state index is 0.138. The Bertz CT molecular complexity index is 4040. The highest BCUT2D eigenvalue weighted by Gasteiger charge is 2.24. The summed E-state index contributed by atoms with van der Waals surface area (Å²) < 4.78 is 12.6. The zero-order valence-electron chi connectivity index (χ0n) is 35.5. The Morgan fingerprint density at radius 1 is 0.470 bits per heavy atom. The van der Waals surface area contributed by atoms with Gasteiger partial charge in [-0.15, -0.1) is 0 Å². The van der Waals surface area contributed by atoms with Gasteiger partial charge >= 0.3 is 0 Å². The minimum Gasteiger partial charge on any atom is -0.445 e. The van der Waals surface area contributed by atoms with Crippen molar-refractivity contribution in [2.45, 2.75) is 6.17 Å². The number of allylic oxidation sites excluding steroid dienone is 2. The lowest BCUT2D eigenvalue weighted by atomic mass is 9.97. The van der Waals surface area contributed by atoms with Gasteiger partial charge in [0.05, 0.1) is 27.8 Å². The number of nitrogens with one attached hydrogen (secondary N) is 1. The normalized spacial score (nSPS) is 14.2. The van der Waals surface area contributed by atoms with E-state index in [1.54, 1.807) is 11.3 Å². The van der Waals surface area contributed by atoms with Crippen LogP contribution in [0, 0.1) is 0 Å². The average Bonchev–Trinajstić information content (AvgIpc) is 4.13. The molecule has 66 heavy (non-hydrogen) atoms. The second kappa shape index (κ2) is 14.5. The van der Waals surface area contributed by atoms with Crippen LogP contribution in [-0.4, -0.2) is 14.1 Å². The van der Waals surface area contributed by atoms with E-state index < -0.39 is 0 Å². The van der Waals surface area contributed by atoms with Crippen LogP contribution in [0.3, 0.4) is 0 Å². The van der Waals surface area contributed by atoms with Crippen LogP contribution in [0.4, 0.5) is 0 Å². The molecule has 0 radical (unpaired) electrons. The van der Waals surface area contributed by atoms with E-state index >= 15 is 0 Å². The van der Waals surface area contributed by atoms with E-state index in [0.29, 0.717) is 0 Å². The number of aromatic nitrogens is 3. The first kappa shape index (κ1) is 37.0. The standard InChI is InChI=1S/C60H38N4OS/c1-3-15-37(16-4-1)41-33-49(61-57(35-41)63-51-23-11-7-19-43(51)44-20-8-12-24-52(44)63)39-27-29-55-47(31-39)59-48-32-40(28-30-56(48)66-60(59)65-55)50-34-42(38-17-5-2-6-18-38)36-58(62-50)64-53-25-13-9-21-45(53)46-22-10-14-26-54(46)64/h1-36,57,61H. The number of para-hydroxylation sites is 4. The van der Waals surface area contributed by atoms with Gasteiger partial charge in [0, 0.05) is 53.7 Å². The third kappa shape index (κ3) is 5.75. The molecule has 0 aliphatic carbocycles. The third-order valence-electron chi connectivity index (χ3n) is 13.4. The summed E-state index contributed by atoms with van der Waals surface area (Å²) in [5.41, 5.74) is 14.3. The predicted octanol–water partition coefficient (Wildman–Crippen LogP) is 16.0. The molecule has 310 valence electrons. The summed E-state index contributed by atoms with van der Waals surface area (Å²) in [6, 6.07) is 73.9. The van der Waals surface area contributed by atoms with Gasteiger partial charge in [-0.25, -0.2) is 4.98 Å². The van der Waals surface area contributed by atoms with Crippen molar-refractivity contribution < 1.29 is 4.42 Å². The van der Waals surface area contributed by atoms with E-state index in [4.69, 9.17) is 9.40 Å². The molecule has 1 aliphatic heterocycles. The van der Waals surface area contributed by atoms with Crippen LogP contribution in [-0.2, 0) is 0 Å². The van der Waals surface area contributed by atoms with Crippen molar-refractivity contribution in [1.82, 2.24) is 19.4 Å². The van der Waals surface area contributed by atoms with Gasteiger partial charge in [0.25, 0.3) is 0 Å². The van der Waals surface area contributed by atoms with Crippen LogP contribution in [0.5, 0.6) is 0 Å². The number of nitrogens with zero attached hydrogens (tertiary/aromatic N) is 3. The molecule has 0 spiro atoms. The van der Waals surface area contributed by atoms with Crippen molar-refractivity contribution in [3.63, 3.8) is 0 Å². The van der Waals surface area contributed by atoms with Crippen molar-refractivity contribution in [1.29, 1.82) is 0 Å². The smallest absolute Gasteiger partial charge is 0.190 e. The Morgan fingerprint density at radius 3 is 1.73 bits per heavy atom. The molecule has 6 heterocycles. The number of benzene rings is 8. The maximum atomic E-state index is 6.66. The van der Waals surface area contributed by atoms with Gasteiger partial charge in [-0.1, -0.05) is 151 Å². The number of fused-ring (bicyclic) bond motifs is 11. The molecule has 0 amide bonds. The Balaban J connectivity index is 0.927. The van der Waals surface area contributed by atoms with E-state index in [-0.39, 0.29) is 6.17 Å². The zero-order valence-corrected chi connectivity index (χ0v) is 36.3. The maximum Gasteiger partial charge on any atom is 0.190 e. The number of pyridine rings is 1. The summed E-state index contributed by atoms with van der Waals surface area (Å²) in [6.45, 7) is 0. The van der Waals surface area contributed by atoms with Crippen molar-refractivity contribution in [2.75, 3.05) is 0 Å². The van der Waals surface area contributed by atoms with Gasteiger partial charge in [-0.3, -0.25) is 4.57 Å². The molecule has 1 N–H and O–H groups in total. The molecule has 1 aliphatic rings. The second-order valence-electron chi connectivity index (χ2n) is 17.2. The van der Waals surface area contributed by atoms with Crippen LogP contribution in [0.1, 0.15) is 17.3 Å². The monoisotopic (exact) mass is 862 g/mol. The quantitative estimate of drug-likeness (QED) is 0.181. The highest BCUT2D eigenvalue weighted by atomic mass is 32.1. The summed E-state index contributed by atoms with van der Waals surface area (Å²) in [5, 5.41) is 12.3. The molecule has 6 heteroatoms. The molecule has 5 nitrogen and oxygen atoms in total. The van der Waals surface area contributed by atoms with Gasteiger partial charge < -0.3 is 14.3 Å². The van der Waals surface area contributed by atoms with Gasteiger partial charge in [-0.05, 0) is 107 Å². The Labute approximate surface area is 383 Å². The summed E-state index contributed by atoms with van der Waals surface area (Å²) in [5.74, 6) is 0.883.